The molecule has 0 heterocycles. The van der Waals surface area contributed by atoms with Gasteiger partial charge in [0, 0.05) is 4.47 Å². The average molecular weight is 385 g/mol. The zero-order chi connectivity index (χ0) is 16.0. The van der Waals surface area contributed by atoms with Crippen molar-refractivity contribution in [3.63, 3.8) is 0 Å². The van der Waals surface area contributed by atoms with Gasteiger partial charge in [0.1, 0.15) is 0 Å². The number of halogens is 1. The maximum Gasteiger partial charge on any atom is 0.0175 e. The maximum absolute atomic E-state index is 4.55. The second-order valence-corrected chi connectivity index (χ2v) is 7.78. The van der Waals surface area contributed by atoms with Gasteiger partial charge in [0.15, 0.2) is 0 Å². The van der Waals surface area contributed by atoms with Crippen LogP contribution in [0, 0.1) is 5.92 Å². The van der Waals surface area contributed by atoms with Crippen molar-refractivity contribution in [3.8, 4) is 0 Å². The molecule has 2 heteroatoms. The quantitative estimate of drug-likeness (QED) is 0.264. The van der Waals surface area contributed by atoms with Gasteiger partial charge in [0.2, 0.25) is 0 Å². The maximum atomic E-state index is 4.55. The zero-order valence-electron chi connectivity index (χ0n) is 14.2. The van der Waals surface area contributed by atoms with Gasteiger partial charge in [-0.25, -0.2) is 0 Å². The van der Waals surface area contributed by atoms with E-state index in [1.54, 1.807) is 0 Å². The van der Waals surface area contributed by atoms with Crippen LogP contribution in [0.2, 0.25) is 0 Å². The molecular formula is C20H33BrS. The van der Waals surface area contributed by atoms with Crippen LogP contribution in [0.3, 0.4) is 0 Å². The van der Waals surface area contributed by atoms with Gasteiger partial charge in [-0.3, -0.25) is 0 Å². The lowest BCUT2D eigenvalue weighted by Crippen LogP contribution is -2.06. The summed E-state index contributed by atoms with van der Waals surface area (Å²) in [5.41, 5.74) is 1.44. The predicted octanol–water partition coefficient (Wildman–Crippen LogP) is 7.46. The molecule has 0 amide bonds. The molecule has 0 saturated heterocycles. The molecule has 1 unspecified atom stereocenters. The first-order chi connectivity index (χ1) is 10.8. The van der Waals surface area contributed by atoms with Crippen molar-refractivity contribution in [3.05, 3.63) is 34.3 Å². The highest BCUT2D eigenvalue weighted by Crippen LogP contribution is 2.20. The minimum absolute atomic E-state index is 0.731. The molecule has 1 rings (SSSR count). The molecule has 0 nitrogen and oxygen atoms in total. The van der Waals surface area contributed by atoms with E-state index < -0.39 is 0 Å². The lowest BCUT2D eigenvalue weighted by molar-refractivity contribution is 0.484. The topological polar surface area (TPSA) is 0 Å². The average Bonchev–Trinajstić information content (AvgIpc) is 2.54. The first-order valence-electron chi connectivity index (χ1n) is 9.11. The number of thiol groups is 1. The van der Waals surface area contributed by atoms with Crippen LogP contribution in [-0.4, -0.2) is 5.75 Å². The molecule has 0 N–H and O–H groups in total. The summed E-state index contributed by atoms with van der Waals surface area (Å²) in [5, 5.41) is 0. The predicted molar refractivity (Wildman–Crippen MR) is 107 cm³/mol. The van der Waals surface area contributed by atoms with E-state index >= 15 is 0 Å². The standard InChI is InChI=1S/C20H33BrS/c1-2-3-4-5-6-7-8-9-10-11-19(17-22)16-18-12-14-20(21)15-13-18/h12-15,19,22H,2-11,16-17H2,1H3. The van der Waals surface area contributed by atoms with Crippen LogP contribution in [0.4, 0.5) is 0 Å². The van der Waals surface area contributed by atoms with Crippen LogP contribution < -0.4 is 0 Å². The molecule has 0 spiro atoms. The van der Waals surface area contributed by atoms with E-state index in [1.807, 2.05) is 0 Å². The van der Waals surface area contributed by atoms with Gasteiger partial charge < -0.3 is 0 Å². The molecule has 0 fully saturated rings. The lowest BCUT2D eigenvalue weighted by atomic mass is 9.95. The first-order valence-corrected chi connectivity index (χ1v) is 10.5. The van der Waals surface area contributed by atoms with Gasteiger partial charge >= 0.3 is 0 Å². The van der Waals surface area contributed by atoms with Crippen molar-refractivity contribution in [2.75, 3.05) is 5.75 Å². The summed E-state index contributed by atoms with van der Waals surface area (Å²) in [6.45, 7) is 2.28. The third-order valence-corrected chi connectivity index (χ3v) is 5.46. The van der Waals surface area contributed by atoms with Gasteiger partial charge in [-0.2, -0.15) is 12.6 Å². The van der Waals surface area contributed by atoms with Gasteiger partial charge in [0.25, 0.3) is 0 Å². The van der Waals surface area contributed by atoms with Crippen LogP contribution in [0.15, 0.2) is 28.7 Å². The van der Waals surface area contributed by atoms with Crippen LogP contribution in [0.1, 0.15) is 76.7 Å². The fourth-order valence-electron chi connectivity index (χ4n) is 2.96. The van der Waals surface area contributed by atoms with E-state index in [-0.39, 0.29) is 0 Å². The van der Waals surface area contributed by atoms with E-state index in [2.05, 4.69) is 59.7 Å². The van der Waals surface area contributed by atoms with Crippen LogP contribution >= 0.6 is 28.6 Å². The van der Waals surface area contributed by atoms with E-state index in [0.717, 1.165) is 16.1 Å². The second kappa shape index (κ2) is 13.5. The van der Waals surface area contributed by atoms with E-state index in [4.69, 9.17) is 0 Å². The number of rotatable bonds is 13. The SMILES string of the molecule is CCCCCCCCCCCC(CS)Cc1ccc(Br)cc1. The Morgan fingerprint density at radius 2 is 1.41 bits per heavy atom. The van der Waals surface area contributed by atoms with Crippen molar-refractivity contribution in [2.45, 2.75) is 77.6 Å². The van der Waals surface area contributed by atoms with Crippen molar-refractivity contribution >= 4 is 28.6 Å². The van der Waals surface area contributed by atoms with Crippen molar-refractivity contribution < 1.29 is 0 Å². The molecule has 0 aliphatic rings. The summed E-state index contributed by atoms with van der Waals surface area (Å²) in [4.78, 5) is 0. The molecule has 0 aromatic heterocycles. The Bertz CT molecular complexity index is 360. The fraction of sp³-hybridized carbons (Fsp3) is 0.700. The van der Waals surface area contributed by atoms with Crippen molar-refractivity contribution in [2.24, 2.45) is 5.92 Å². The second-order valence-electron chi connectivity index (χ2n) is 6.50. The molecule has 0 saturated carbocycles. The molecule has 0 aliphatic carbocycles. The van der Waals surface area contributed by atoms with E-state index in [0.29, 0.717) is 0 Å². The monoisotopic (exact) mass is 384 g/mol. The Balaban J connectivity index is 2.05. The summed E-state index contributed by atoms with van der Waals surface area (Å²) in [6, 6.07) is 8.75. The molecule has 0 radical (unpaired) electrons. The minimum Gasteiger partial charge on any atom is -0.179 e. The number of hydrogen-bond acceptors (Lipinski definition) is 1. The minimum atomic E-state index is 0.731. The summed E-state index contributed by atoms with van der Waals surface area (Å²) >= 11 is 8.05. The Kier molecular flexibility index (Phi) is 12.3. The van der Waals surface area contributed by atoms with Gasteiger partial charge in [-0.15, -0.1) is 0 Å². The normalized spacial score (nSPS) is 12.5. The summed E-state index contributed by atoms with van der Waals surface area (Å²) in [5.74, 6) is 1.74. The highest BCUT2D eigenvalue weighted by Gasteiger charge is 2.07. The smallest absolute Gasteiger partial charge is 0.0175 e. The Morgan fingerprint density at radius 3 is 1.95 bits per heavy atom. The van der Waals surface area contributed by atoms with Crippen molar-refractivity contribution in [1.29, 1.82) is 0 Å². The van der Waals surface area contributed by atoms with Gasteiger partial charge in [-0.1, -0.05) is 92.8 Å². The van der Waals surface area contributed by atoms with Crippen LogP contribution in [0.5, 0.6) is 0 Å². The van der Waals surface area contributed by atoms with E-state index in [9.17, 15) is 0 Å². The molecule has 126 valence electrons. The van der Waals surface area contributed by atoms with Gasteiger partial charge in [0.05, 0.1) is 0 Å². The van der Waals surface area contributed by atoms with Gasteiger partial charge in [-0.05, 0) is 42.2 Å². The zero-order valence-corrected chi connectivity index (χ0v) is 16.7. The van der Waals surface area contributed by atoms with Crippen molar-refractivity contribution in [1.82, 2.24) is 0 Å². The Hall–Kier alpha value is 0.0500. The number of unbranched alkanes of at least 4 members (excludes halogenated alkanes) is 8. The number of hydrogen-bond donors (Lipinski definition) is 1. The lowest BCUT2D eigenvalue weighted by Gasteiger charge is -2.14. The highest BCUT2D eigenvalue weighted by atomic mass is 79.9. The van der Waals surface area contributed by atoms with E-state index in [1.165, 1.54) is 76.2 Å². The number of benzene rings is 1. The molecular weight excluding hydrogens is 352 g/mol. The highest BCUT2D eigenvalue weighted by molar-refractivity contribution is 9.10. The molecule has 1 aromatic rings. The molecule has 0 aliphatic heterocycles. The summed E-state index contributed by atoms with van der Waals surface area (Å²) in [7, 11) is 0. The summed E-state index contributed by atoms with van der Waals surface area (Å²) < 4.78 is 1.16. The molecule has 0 bridgehead atoms. The first kappa shape index (κ1) is 20.1. The summed E-state index contributed by atoms with van der Waals surface area (Å²) in [6.07, 6.45) is 15.2. The molecule has 1 atom stereocenters. The molecule has 1 aromatic carbocycles. The Labute approximate surface area is 152 Å². The Morgan fingerprint density at radius 1 is 0.864 bits per heavy atom. The third-order valence-electron chi connectivity index (χ3n) is 4.41. The molecule has 22 heavy (non-hydrogen) atoms. The third kappa shape index (κ3) is 9.94. The van der Waals surface area contributed by atoms with Crippen LogP contribution in [-0.2, 0) is 6.42 Å². The largest absolute Gasteiger partial charge is 0.179 e. The fourth-order valence-corrected chi connectivity index (χ4v) is 3.53. The van der Waals surface area contributed by atoms with Crippen LogP contribution in [0.25, 0.3) is 0 Å².